The van der Waals surface area contributed by atoms with Crippen molar-refractivity contribution in [2.75, 3.05) is 36.9 Å². The van der Waals surface area contributed by atoms with Crippen molar-refractivity contribution in [2.24, 2.45) is 0 Å². The van der Waals surface area contributed by atoms with E-state index in [1.165, 1.54) is 0 Å². The highest BCUT2D eigenvalue weighted by atomic mass is 16.6. The SMILES string of the molecule is CC(C)c1cnn2c(NC3CC4CCC(C3)N4C(=O)OC3CN(C(=O)OC(C)(C)C)C3)nc(NC3CCCOC3)nc12. The number of nitrogens with one attached hydrogen (secondary N) is 2. The molecule has 4 aliphatic heterocycles. The number of hydrogen-bond acceptors (Lipinski definition) is 10. The van der Waals surface area contributed by atoms with E-state index in [0.29, 0.717) is 31.6 Å². The molecule has 3 atom stereocenters. The Morgan fingerprint density at radius 2 is 1.76 bits per heavy atom. The molecule has 6 rings (SSSR count). The van der Waals surface area contributed by atoms with Crippen LogP contribution in [0.4, 0.5) is 21.5 Å². The van der Waals surface area contributed by atoms with Crippen LogP contribution in [0.15, 0.2) is 6.20 Å². The predicted octanol–water partition coefficient (Wildman–Crippen LogP) is 4.00. The molecule has 2 bridgehead atoms. The fourth-order valence-electron chi connectivity index (χ4n) is 6.46. The van der Waals surface area contributed by atoms with Gasteiger partial charge in [0.2, 0.25) is 11.9 Å². The fraction of sp³-hybridized carbons (Fsp3) is 0.759. The predicted molar refractivity (Wildman–Crippen MR) is 156 cm³/mol. The van der Waals surface area contributed by atoms with Crippen LogP contribution in [0.5, 0.6) is 0 Å². The highest BCUT2D eigenvalue weighted by molar-refractivity contribution is 5.71. The minimum Gasteiger partial charge on any atom is -0.444 e. The molecular formula is C29H44N8O5. The molecule has 4 saturated heterocycles. The minimum absolute atomic E-state index is 0.0916. The lowest BCUT2D eigenvalue weighted by atomic mass is 9.98. The summed E-state index contributed by atoms with van der Waals surface area (Å²) in [7, 11) is 0. The summed E-state index contributed by atoms with van der Waals surface area (Å²) in [6.07, 6.45) is 6.43. The zero-order valence-electron chi connectivity index (χ0n) is 25.3. The van der Waals surface area contributed by atoms with E-state index in [-0.39, 0.29) is 48.4 Å². The number of carbonyl (C=O) groups is 2. The van der Waals surface area contributed by atoms with Gasteiger partial charge in [-0.1, -0.05) is 13.8 Å². The van der Waals surface area contributed by atoms with Crippen molar-refractivity contribution in [3.05, 3.63) is 11.8 Å². The number of fused-ring (bicyclic) bond motifs is 3. The zero-order chi connectivity index (χ0) is 29.6. The van der Waals surface area contributed by atoms with Crippen LogP contribution in [0, 0.1) is 0 Å². The first-order valence-electron chi connectivity index (χ1n) is 15.4. The van der Waals surface area contributed by atoms with Crippen LogP contribution >= 0.6 is 0 Å². The van der Waals surface area contributed by atoms with Crippen molar-refractivity contribution >= 4 is 29.7 Å². The molecule has 2 aromatic heterocycles. The van der Waals surface area contributed by atoms with Gasteiger partial charge in [-0.05, 0) is 65.2 Å². The number of carbonyl (C=O) groups excluding carboxylic acids is 2. The molecule has 4 aliphatic rings. The van der Waals surface area contributed by atoms with Crippen LogP contribution in [0.1, 0.15) is 84.6 Å². The summed E-state index contributed by atoms with van der Waals surface area (Å²) in [6, 6.07) is 0.493. The van der Waals surface area contributed by atoms with Crippen molar-refractivity contribution in [1.29, 1.82) is 0 Å². The summed E-state index contributed by atoms with van der Waals surface area (Å²) in [5.41, 5.74) is 1.32. The van der Waals surface area contributed by atoms with Crippen molar-refractivity contribution in [2.45, 2.75) is 115 Å². The second kappa shape index (κ2) is 11.4. The lowest BCUT2D eigenvalue weighted by molar-refractivity contribution is -0.0485. The molecule has 0 saturated carbocycles. The summed E-state index contributed by atoms with van der Waals surface area (Å²) >= 11 is 0. The van der Waals surface area contributed by atoms with E-state index >= 15 is 0 Å². The van der Waals surface area contributed by atoms with Gasteiger partial charge in [0.25, 0.3) is 0 Å². The molecule has 42 heavy (non-hydrogen) atoms. The number of rotatable bonds is 6. The molecule has 13 heteroatoms. The molecule has 2 aromatic rings. The van der Waals surface area contributed by atoms with Crippen LogP contribution in [-0.4, -0.2) is 104 Å². The van der Waals surface area contributed by atoms with Gasteiger partial charge in [0.15, 0.2) is 5.65 Å². The van der Waals surface area contributed by atoms with Gasteiger partial charge in [-0.3, -0.25) is 0 Å². The van der Waals surface area contributed by atoms with Crippen LogP contribution in [0.25, 0.3) is 5.65 Å². The lowest BCUT2D eigenvalue weighted by Gasteiger charge is -2.42. The monoisotopic (exact) mass is 584 g/mol. The third-order valence-electron chi connectivity index (χ3n) is 8.56. The largest absolute Gasteiger partial charge is 0.444 e. The smallest absolute Gasteiger partial charge is 0.410 e. The van der Waals surface area contributed by atoms with Crippen LogP contribution in [0.3, 0.4) is 0 Å². The number of piperidine rings is 1. The standard InChI is InChI=1S/C29H44N8O5/c1-17(2)23-13-30-37-24(23)33-25(31-18-7-6-10-40-16-18)34-26(37)32-19-11-20-8-9-21(12-19)36(20)28(39)41-22-14-35(15-22)27(38)42-29(3,4)5/h13,17-22H,6-12,14-16H2,1-5H3,(H2,31,32,33,34). The van der Waals surface area contributed by atoms with Gasteiger partial charge in [0.1, 0.15) is 11.7 Å². The van der Waals surface area contributed by atoms with Gasteiger partial charge in [-0.25, -0.2) is 9.59 Å². The first kappa shape index (κ1) is 28.8. The van der Waals surface area contributed by atoms with Gasteiger partial charge < -0.3 is 34.6 Å². The molecule has 0 aliphatic carbocycles. The Morgan fingerprint density at radius 3 is 2.40 bits per heavy atom. The van der Waals surface area contributed by atoms with Gasteiger partial charge in [0.05, 0.1) is 31.9 Å². The van der Waals surface area contributed by atoms with Crippen molar-refractivity contribution in [1.82, 2.24) is 29.4 Å². The number of likely N-dealkylation sites (tertiary alicyclic amines) is 1. The van der Waals surface area contributed by atoms with E-state index in [1.807, 2.05) is 31.9 Å². The number of hydrogen-bond donors (Lipinski definition) is 2. The third kappa shape index (κ3) is 6.06. The average molecular weight is 585 g/mol. The van der Waals surface area contributed by atoms with E-state index in [4.69, 9.17) is 24.2 Å². The number of amides is 2. The van der Waals surface area contributed by atoms with Gasteiger partial charge in [-0.15, -0.1) is 0 Å². The molecule has 6 heterocycles. The van der Waals surface area contributed by atoms with E-state index in [2.05, 4.69) is 29.6 Å². The Kier molecular flexibility index (Phi) is 7.79. The quantitative estimate of drug-likeness (QED) is 0.513. The average Bonchev–Trinajstić information content (AvgIpc) is 3.44. The highest BCUT2D eigenvalue weighted by Crippen LogP contribution is 2.38. The molecule has 0 spiro atoms. The van der Waals surface area contributed by atoms with E-state index in [9.17, 15) is 9.59 Å². The van der Waals surface area contributed by atoms with Crippen LogP contribution in [0.2, 0.25) is 0 Å². The summed E-state index contributed by atoms with van der Waals surface area (Å²) < 4.78 is 18.7. The second-order valence-electron chi connectivity index (χ2n) is 13.4. The molecule has 3 unspecified atom stereocenters. The van der Waals surface area contributed by atoms with Crippen molar-refractivity contribution in [3.63, 3.8) is 0 Å². The molecule has 230 valence electrons. The summed E-state index contributed by atoms with van der Waals surface area (Å²) in [5, 5.41) is 11.8. The Morgan fingerprint density at radius 1 is 1.02 bits per heavy atom. The van der Waals surface area contributed by atoms with Gasteiger partial charge >= 0.3 is 12.2 Å². The Hall–Kier alpha value is -3.35. The van der Waals surface area contributed by atoms with E-state index in [0.717, 1.165) is 56.3 Å². The van der Waals surface area contributed by atoms with Gasteiger partial charge in [0, 0.05) is 30.3 Å². The number of anilines is 2. The Labute approximate surface area is 246 Å². The summed E-state index contributed by atoms with van der Waals surface area (Å²) in [4.78, 5) is 38.6. The van der Waals surface area contributed by atoms with Crippen molar-refractivity contribution in [3.8, 4) is 0 Å². The van der Waals surface area contributed by atoms with E-state index < -0.39 is 5.60 Å². The fourth-order valence-corrected chi connectivity index (χ4v) is 6.46. The van der Waals surface area contributed by atoms with Gasteiger partial charge in [-0.2, -0.15) is 19.6 Å². The minimum atomic E-state index is -0.551. The lowest BCUT2D eigenvalue weighted by Crippen LogP contribution is -2.58. The number of ether oxygens (including phenoxy) is 3. The number of aromatic nitrogens is 4. The normalized spacial score (nSPS) is 26.3. The summed E-state index contributed by atoms with van der Waals surface area (Å²) in [6.45, 7) is 12.0. The maximum absolute atomic E-state index is 13.2. The molecule has 13 nitrogen and oxygen atoms in total. The maximum Gasteiger partial charge on any atom is 0.410 e. The Bertz CT molecular complexity index is 1280. The molecule has 0 aromatic carbocycles. The topological polar surface area (TPSA) is 135 Å². The third-order valence-corrected chi connectivity index (χ3v) is 8.56. The molecule has 2 amide bonds. The first-order valence-corrected chi connectivity index (χ1v) is 15.4. The van der Waals surface area contributed by atoms with E-state index in [1.54, 1.807) is 9.42 Å². The summed E-state index contributed by atoms with van der Waals surface area (Å²) in [5.74, 6) is 1.50. The number of nitrogens with zero attached hydrogens (tertiary/aromatic N) is 6. The highest BCUT2D eigenvalue weighted by Gasteiger charge is 2.46. The maximum atomic E-state index is 13.2. The van der Waals surface area contributed by atoms with Crippen LogP contribution < -0.4 is 10.6 Å². The van der Waals surface area contributed by atoms with Crippen LogP contribution in [-0.2, 0) is 14.2 Å². The van der Waals surface area contributed by atoms with Crippen molar-refractivity contribution < 1.29 is 23.8 Å². The molecule has 0 radical (unpaired) electrons. The first-order chi connectivity index (χ1) is 20.0. The molecule has 2 N–H and O–H groups in total. The molecule has 4 fully saturated rings. The molecular weight excluding hydrogens is 540 g/mol. The Balaban J connectivity index is 1.10. The zero-order valence-corrected chi connectivity index (χ0v) is 25.3. The second-order valence-corrected chi connectivity index (χ2v) is 13.4.